The predicted molar refractivity (Wildman–Crippen MR) is 90.2 cm³/mol. The fourth-order valence-corrected chi connectivity index (χ4v) is 3.74. The topological polar surface area (TPSA) is 49.4 Å². The van der Waals surface area contributed by atoms with E-state index in [-0.39, 0.29) is 23.2 Å². The van der Waals surface area contributed by atoms with Gasteiger partial charge in [-0.2, -0.15) is 0 Å². The normalized spacial score (nSPS) is 21.5. The van der Waals surface area contributed by atoms with Crippen LogP contribution in [0.4, 0.5) is 8.78 Å². The quantitative estimate of drug-likeness (QED) is 0.831. The lowest BCUT2D eigenvalue weighted by atomic mass is 9.88. The molecule has 6 heteroatoms. The summed E-state index contributed by atoms with van der Waals surface area (Å²) in [5.74, 6) is -1.29. The van der Waals surface area contributed by atoms with Gasteiger partial charge in [0.1, 0.15) is 11.6 Å². The van der Waals surface area contributed by atoms with Crippen molar-refractivity contribution in [2.75, 3.05) is 26.2 Å². The molecule has 3 rings (SSSR count). The number of hydrogen-bond donors (Lipinski definition) is 1. The first kappa shape index (κ1) is 18.0. The highest BCUT2D eigenvalue weighted by molar-refractivity contribution is 5.98. The number of likely N-dealkylation sites (tertiary alicyclic amines) is 1. The van der Waals surface area contributed by atoms with Gasteiger partial charge < -0.3 is 10.2 Å². The number of ketones is 1. The maximum absolute atomic E-state index is 13.8. The third-order valence-electron chi connectivity index (χ3n) is 5.34. The summed E-state index contributed by atoms with van der Waals surface area (Å²) in [5.41, 5.74) is -0.182. The van der Waals surface area contributed by atoms with E-state index in [9.17, 15) is 18.4 Å². The van der Waals surface area contributed by atoms with Gasteiger partial charge in [0.05, 0.1) is 5.56 Å². The monoisotopic (exact) mass is 350 g/mol. The highest BCUT2D eigenvalue weighted by Crippen LogP contribution is 2.25. The Hall–Kier alpha value is -1.82. The van der Waals surface area contributed by atoms with Gasteiger partial charge in [-0.3, -0.25) is 9.59 Å². The van der Waals surface area contributed by atoms with E-state index in [0.29, 0.717) is 38.3 Å². The number of nitrogens with zero attached hydrogens (tertiary/aromatic N) is 1. The molecular weight excluding hydrogens is 326 g/mol. The molecule has 136 valence electrons. The summed E-state index contributed by atoms with van der Waals surface area (Å²) in [6.07, 6.45) is 3.59. The molecule has 1 aromatic carbocycles. The van der Waals surface area contributed by atoms with E-state index >= 15 is 0 Å². The van der Waals surface area contributed by atoms with E-state index in [1.807, 2.05) is 0 Å². The lowest BCUT2D eigenvalue weighted by molar-refractivity contribution is -0.132. The zero-order valence-electron chi connectivity index (χ0n) is 14.3. The molecule has 0 radical (unpaired) electrons. The van der Waals surface area contributed by atoms with Gasteiger partial charge >= 0.3 is 0 Å². The van der Waals surface area contributed by atoms with Gasteiger partial charge in [-0.05, 0) is 62.9 Å². The molecule has 0 aromatic heterocycles. The van der Waals surface area contributed by atoms with Crippen molar-refractivity contribution in [2.45, 2.75) is 32.1 Å². The second-order valence-electron chi connectivity index (χ2n) is 7.04. The average Bonchev–Trinajstić information content (AvgIpc) is 3.15. The van der Waals surface area contributed by atoms with Gasteiger partial charge in [-0.1, -0.05) is 0 Å². The Labute approximate surface area is 146 Å². The van der Waals surface area contributed by atoms with Crippen LogP contribution in [0.15, 0.2) is 18.2 Å². The Morgan fingerprint density at radius 1 is 1.16 bits per heavy atom. The van der Waals surface area contributed by atoms with Crippen LogP contribution in [0.25, 0.3) is 0 Å². The molecule has 2 heterocycles. The van der Waals surface area contributed by atoms with Crippen molar-refractivity contribution in [2.24, 2.45) is 11.8 Å². The summed E-state index contributed by atoms with van der Waals surface area (Å²) in [4.78, 5) is 26.5. The second kappa shape index (κ2) is 8.04. The molecular formula is C19H24F2N2O2. The van der Waals surface area contributed by atoms with E-state index in [1.165, 1.54) is 0 Å². The summed E-state index contributed by atoms with van der Waals surface area (Å²) in [6, 6.07) is 2.96. The first-order chi connectivity index (χ1) is 12.0. The van der Waals surface area contributed by atoms with Crippen molar-refractivity contribution in [1.29, 1.82) is 0 Å². The Bertz CT molecular complexity index is 636. The van der Waals surface area contributed by atoms with Crippen LogP contribution >= 0.6 is 0 Å². The van der Waals surface area contributed by atoms with Crippen LogP contribution in [0.3, 0.4) is 0 Å². The highest BCUT2D eigenvalue weighted by atomic mass is 19.1. The van der Waals surface area contributed by atoms with Crippen molar-refractivity contribution in [3.63, 3.8) is 0 Å². The Morgan fingerprint density at radius 3 is 2.60 bits per heavy atom. The largest absolute Gasteiger partial charge is 0.343 e. The second-order valence-corrected chi connectivity index (χ2v) is 7.04. The molecule has 0 bridgehead atoms. The number of Topliss-reactive ketones (excluding diaryl/α,β-unsaturated/α-hetero) is 1. The summed E-state index contributed by atoms with van der Waals surface area (Å²) in [6.45, 7) is 3.04. The molecule has 0 spiro atoms. The third kappa shape index (κ3) is 4.42. The molecule has 2 aliphatic heterocycles. The molecule has 2 saturated heterocycles. The lowest BCUT2D eigenvalue weighted by Gasteiger charge is -2.31. The minimum Gasteiger partial charge on any atom is -0.343 e. The molecule has 1 N–H and O–H groups in total. The number of hydrogen-bond acceptors (Lipinski definition) is 3. The molecule has 25 heavy (non-hydrogen) atoms. The summed E-state index contributed by atoms with van der Waals surface area (Å²) in [5, 5.41) is 3.30. The number of benzene rings is 1. The third-order valence-corrected chi connectivity index (χ3v) is 5.34. The number of carbonyl (C=O) groups excluding carboxylic acids is 2. The van der Waals surface area contributed by atoms with Crippen LogP contribution < -0.4 is 5.32 Å². The Morgan fingerprint density at radius 2 is 1.92 bits per heavy atom. The summed E-state index contributed by atoms with van der Waals surface area (Å²) in [7, 11) is 0. The first-order valence-corrected chi connectivity index (χ1v) is 9.02. The van der Waals surface area contributed by atoms with Gasteiger partial charge in [0, 0.05) is 25.4 Å². The van der Waals surface area contributed by atoms with Crippen molar-refractivity contribution in [3.8, 4) is 0 Å². The van der Waals surface area contributed by atoms with Gasteiger partial charge in [-0.25, -0.2) is 8.78 Å². The van der Waals surface area contributed by atoms with Crippen LogP contribution in [0.1, 0.15) is 42.5 Å². The number of rotatable bonds is 5. The summed E-state index contributed by atoms with van der Waals surface area (Å²) < 4.78 is 27.1. The lowest BCUT2D eigenvalue weighted by Crippen LogP contribution is -2.40. The van der Waals surface area contributed by atoms with Gasteiger partial charge in [0.15, 0.2) is 5.78 Å². The number of halogens is 2. The Balaban J connectivity index is 1.50. The van der Waals surface area contributed by atoms with Crippen LogP contribution in [-0.2, 0) is 4.79 Å². The standard InChI is InChI=1S/C19H24F2N2O2/c20-15-2-3-17(21)16(11-15)19(25)14-6-9-23(10-7-14)18(24)4-1-13-5-8-22-12-13/h2-3,11,13-14,22H,1,4-10,12H2. The van der Waals surface area contributed by atoms with E-state index in [2.05, 4.69) is 5.32 Å². The molecule has 1 aromatic rings. The van der Waals surface area contributed by atoms with Crippen molar-refractivity contribution in [1.82, 2.24) is 10.2 Å². The van der Waals surface area contributed by atoms with Crippen LogP contribution in [-0.4, -0.2) is 42.8 Å². The van der Waals surface area contributed by atoms with E-state index < -0.39 is 11.6 Å². The zero-order valence-corrected chi connectivity index (χ0v) is 14.3. The fraction of sp³-hybridized carbons (Fsp3) is 0.579. The fourth-order valence-electron chi connectivity index (χ4n) is 3.74. The highest BCUT2D eigenvalue weighted by Gasteiger charge is 2.29. The molecule has 2 aliphatic rings. The number of piperidine rings is 1. The maximum Gasteiger partial charge on any atom is 0.222 e. The van der Waals surface area contributed by atoms with Crippen LogP contribution in [0, 0.1) is 23.5 Å². The van der Waals surface area contributed by atoms with Gasteiger partial charge in [0.2, 0.25) is 5.91 Å². The van der Waals surface area contributed by atoms with E-state index in [4.69, 9.17) is 0 Å². The molecule has 0 saturated carbocycles. The smallest absolute Gasteiger partial charge is 0.222 e. The van der Waals surface area contributed by atoms with Gasteiger partial charge in [-0.15, -0.1) is 0 Å². The molecule has 0 aliphatic carbocycles. The zero-order chi connectivity index (χ0) is 17.8. The van der Waals surface area contributed by atoms with E-state index in [0.717, 1.165) is 44.1 Å². The van der Waals surface area contributed by atoms with Crippen molar-refractivity contribution in [3.05, 3.63) is 35.4 Å². The number of carbonyl (C=O) groups is 2. The number of amides is 1. The SMILES string of the molecule is O=C(c1cc(F)ccc1F)C1CCN(C(=O)CCC2CCNC2)CC1. The molecule has 1 unspecified atom stereocenters. The first-order valence-electron chi connectivity index (χ1n) is 9.02. The Kier molecular flexibility index (Phi) is 5.78. The molecule has 2 fully saturated rings. The van der Waals surface area contributed by atoms with E-state index in [1.54, 1.807) is 4.90 Å². The van der Waals surface area contributed by atoms with Crippen LogP contribution in [0.5, 0.6) is 0 Å². The summed E-state index contributed by atoms with van der Waals surface area (Å²) >= 11 is 0. The molecule has 1 atom stereocenters. The predicted octanol–water partition coefficient (Wildman–Crippen LogP) is 2.78. The minimum absolute atomic E-state index is 0.134. The minimum atomic E-state index is -0.685. The molecule has 4 nitrogen and oxygen atoms in total. The average molecular weight is 350 g/mol. The van der Waals surface area contributed by atoms with Crippen LogP contribution in [0.2, 0.25) is 0 Å². The molecule has 1 amide bonds. The van der Waals surface area contributed by atoms with Gasteiger partial charge in [0.25, 0.3) is 0 Å². The van der Waals surface area contributed by atoms with Crippen molar-refractivity contribution >= 4 is 11.7 Å². The van der Waals surface area contributed by atoms with Crippen molar-refractivity contribution < 1.29 is 18.4 Å². The maximum atomic E-state index is 13.8. The number of nitrogens with one attached hydrogen (secondary N) is 1.